The number of alkyl halides is 1. The van der Waals surface area contributed by atoms with E-state index in [1.807, 2.05) is 0 Å². The molecule has 1 nitrogen and oxygen atoms in total. The van der Waals surface area contributed by atoms with Crippen molar-refractivity contribution in [2.45, 2.75) is 6.92 Å². The minimum Gasteiger partial charge on any atom is -0.305 e. The predicted molar refractivity (Wildman–Crippen MR) is 46.1 cm³/mol. The number of rotatable bonds is 3. The van der Waals surface area contributed by atoms with Crippen molar-refractivity contribution in [2.75, 3.05) is 26.0 Å². The molecular formula is C7H14BrN. The molecule has 0 aliphatic heterocycles. The first-order chi connectivity index (χ1) is 4.16. The van der Waals surface area contributed by atoms with Crippen LogP contribution >= 0.6 is 15.9 Å². The molecule has 54 valence electrons. The third-order valence-electron chi connectivity index (χ3n) is 0.991. The molecule has 0 aromatic carbocycles. The number of allylic oxidation sites excluding steroid dienone is 1. The van der Waals surface area contributed by atoms with Crippen LogP contribution in [0.5, 0.6) is 0 Å². The standard InChI is InChI=1S/C7H14BrN/c1-7(4-5-8)6-9(2)3/h4H,5-6H2,1-3H3. The lowest BCUT2D eigenvalue weighted by molar-refractivity contribution is 0.445. The second-order valence-corrected chi connectivity index (χ2v) is 3.09. The summed E-state index contributed by atoms with van der Waals surface area (Å²) in [6.07, 6.45) is 2.18. The Balaban J connectivity index is 3.49. The highest BCUT2D eigenvalue weighted by atomic mass is 79.9. The van der Waals surface area contributed by atoms with Crippen LogP contribution in [0.4, 0.5) is 0 Å². The number of hydrogen-bond donors (Lipinski definition) is 0. The zero-order valence-electron chi connectivity index (χ0n) is 6.32. The zero-order chi connectivity index (χ0) is 7.28. The van der Waals surface area contributed by atoms with E-state index in [1.54, 1.807) is 0 Å². The molecular weight excluding hydrogens is 178 g/mol. The molecule has 0 atom stereocenters. The van der Waals surface area contributed by atoms with Gasteiger partial charge < -0.3 is 4.90 Å². The Labute approximate surface area is 65.9 Å². The van der Waals surface area contributed by atoms with Crippen molar-refractivity contribution in [3.63, 3.8) is 0 Å². The Morgan fingerprint density at radius 3 is 2.44 bits per heavy atom. The molecule has 9 heavy (non-hydrogen) atoms. The number of nitrogens with zero attached hydrogens (tertiary/aromatic N) is 1. The molecule has 0 aliphatic carbocycles. The van der Waals surface area contributed by atoms with Crippen LogP contribution in [0.25, 0.3) is 0 Å². The normalized spacial score (nSPS) is 12.8. The highest BCUT2D eigenvalue weighted by Gasteiger charge is 1.89. The minimum absolute atomic E-state index is 0.965. The highest BCUT2D eigenvalue weighted by molar-refractivity contribution is 9.09. The van der Waals surface area contributed by atoms with E-state index in [-0.39, 0.29) is 0 Å². The molecule has 0 amide bonds. The van der Waals surface area contributed by atoms with E-state index in [4.69, 9.17) is 0 Å². The summed E-state index contributed by atoms with van der Waals surface area (Å²) in [4.78, 5) is 2.16. The lowest BCUT2D eigenvalue weighted by Crippen LogP contribution is -2.13. The van der Waals surface area contributed by atoms with Gasteiger partial charge in [0.05, 0.1) is 0 Å². The van der Waals surface area contributed by atoms with Crippen LogP contribution in [0.15, 0.2) is 11.6 Å². The van der Waals surface area contributed by atoms with Crippen LogP contribution in [-0.4, -0.2) is 30.9 Å². The van der Waals surface area contributed by atoms with E-state index in [2.05, 4.69) is 47.9 Å². The zero-order valence-corrected chi connectivity index (χ0v) is 7.90. The molecule has 0 radical (unpaired) electrons. The molecule has 0 aliphatic rings. The van der Waals surface area contributed by atoms with Gasteiger partial charge in [0.1, 0.15) is 0 Å². The summed E-state index contributed by atoms with van der Waals surface area (Å²) in [6, 6.07) is 0. The summed E-state index contributed by atoms with van der Waals surface area (Å²) in [5, 5.41) is 0.965. The molecule has 0 N–H and O–H groups in total. The molecule has 0 bridgehead atoms. The van der Waals surface area contributed by atoms with E-state index >= 15 is 0 Å². The van der Waals surface area contributed by atoms with Gasteiger partial charge in [-0.3, -0.25) is 0 Å². The molecule has 0 rings (SSSR count). The van der Waals surface area contributed by atoms with Crippen LogP contribution in [0, 0.1) is 0 Å². The van der Waals surface area contributed by atoms with Crippen molar-refractivity contribution >= 4 is 15.9 Å². The van der Waals surface area contributed by atoms with E-state index in [1.165, 1.54) is 5.57 Å². The van der Waals surface area contributed by atoms with Crippen molar-refractivity contribution in [2.24, 2.45) is 0 Å². The van der Waals surface area contributed by atoms with E-state index in [0.717, 1.165) is 11.9 Å². The lowest BCUT2D eigenvalue weighted by atomic mass is 10.3. The van der Waals surface area contributed by atoms with E-state index in [9.17, 15) is 0 Å². The average molecular weight is 192 g/mol. The first-order valence-corrected chi connectivity index (χ1v) is 4.15. The fourth-order valence-corrected chi connectivity index (χ4v) is 1.25. The van der Waals surface area contributed by atoms with Gasteiger partial charge >= 0.3 is 0 Å². The molecule has 2 heteroatoms. The fraction of sp³-hybridized carbons (Fsp3) is 0.714. The van der Waals surface area contributed by atoms with Gasteiger partial charge in [-0.2, -0.15) is 0 Å². The van der Waals surface area contributed by atoms with Gasteiger partial charge in [0.2, 0.25) is 0 Å². The fourth-order valence-electron chi connectivity index (χ4n) is 0.695. The Hall–Kier alpha value is 0.180. The lowest BCUT2D eigenvalue weighted by Gasteiger charge is -2.08. The van der Waals surface area contributed by atoms with Crippen LogP contribution in [-0.2, 0) is 0 Å². The molecule has 0 spiro atoms. The molecule has 0 saturated heterocycles. The van der Waals surface area contributed by atoms with Crippen LogP contribution in [0.1, 0.15) is 6.92 Å². The molecule has 0 fully saturated rings. The Kier molecular flexibility index (Phi) is 5.10. The molecule has 0 heterocycles. The smallest absolute Gasteiger partial charge is 0.0215 e. The quantitative estimate of drug-likeness (QED) is 0.487. The SMILES string of the molecule is CC(=CCBr)CN(C)C. The van der Waals surface area contributed by atoms with Crippen LogP contribution < -0.4 is 0 Å². The largest absolute Gasteiger partial charge is 0.305 e. The number of likely N-dealkylation sites (N-methyl/N-ethyl adjacent to an activating group) is 1. The van der Waals surface area contributed by atoms with E-state index in [0.29, 0.717) is 0 Å². The van der Waals surface area contributed by atoms with Crippen molar-refractivity contribution in [3.8, 4) is 0 Å². The minimum atomic E-state index is 0.965. The first kappa shape index (κ1) is 9.18. The summed E-state index contributed by atoms with van der Waals surface area (Å²) in [5.41, 5.74) is 1.41. The molecule has 0 saturated carbocycles. The van der Waals surface area contributed by atoms with Crippen molar-refractivity contribution in [3.05, 3.63) is 11.6 Å². The predicted octanol–water partition coefficient (Wildman–Crippen LogP) is 1.89. The van der Waals surface area contributed by atoms with Gasteiger partial charge in [-0.25, -0.2) is 0 Å². The summed E-state index contributed by atoms with van der Waals surface area (Å²) in [6.45, 7) is 3.20. The van der Waals surface area contributed by atoms with Crippen molar-refractivity contribution in [1.29, 1.82) is 0 Å². The Morgan fingerprint density at radius 1 is 1.56 bits per heavy atom. The second-order valence-electron chi connectivity index (χ2n) is 2.44. The Morgan fingerprint density at radius 2 is 2.11 bits per heavy atom. The van der Waals surface area contributed by atoms with Crippen molar-refractivity contribution < 1.29 is 0 Å². The molecule has 0 aromatic heterocycles. The van der Waals surface area contributed by atoms with Gasteiger partial charge in [0, 0.05) is 11.9 Å². The first-order valence-electron chi connectivity index (χ1n) is 3.03. The average Bonchev–Trinajstić information content (AvgIpc) is 1.63. The van der Waals surface area contributed by atoms with Gasteiger partial charge in [-0.05, 0) is 21.0 Å². The highest BCUT2D eigenvalue weighted by Crippen LogP contribution is 1.95. The van der Waals surface area contributed by atoms with E-state index < -0.39 is 0 Å². The molecule has 0 unspecified atom stereocenters. The topological polar surface area (TPSA) is 3.24 Å². The van der Waals surface area contributed by atoms with Gasteiger partial charge in [0.15, 0.2) is 0 Å². The third-order valence-corrected chi connectivity index (χ3v) is 1.31. The third kappa shape index (κ3) is 6.06. The maximum atomic E-state index is 3.34. The summed E-state index contributed by atoms with van der Waals surface area (Å²) in [7, 11) is 4.15. The number of hydrogen-bond acceptors (Lipinski definition) is 1. The van der Waals surface area contributed by atoms with Gasteiger partial charge in [-0.1, -0.05) is 27.6 Å². The number of halogens is 1. The monoisotopic (exact) mass is 191 g/mol. The van der Waals surface area contributed by atoms with Gasteiger partial charge in [-0.15, -0.1) is 0 Å². The summed E-state index contributed by atoms with van der Waals surface area (Å²) >= 11 is 3.34. The molecule has 0 aromatic rings. The summed E-state index contributed by atoms with van der Waals surface area (Å²) in [5.74, 6) is 0. The van der Waals surface area contributed by atoms with Crippen molar-refractivity contribution in [1.82, 2.24) is 4.90 Å². The Bertz CT molecular complexity index is 97.1. The second kappa shape index (κ2) is 5.00. The maximum Gasteiger partial charge on any atom is 0.0215 e. The van der Waals surface area contributed by atoms with Gasteiger partial charge in [0.25, 0.3) is 0 Å². The summed E-state index contributed by atoms with van der Waals surface area (Å²) < 4.78 is 0. The van der Waals surface area contributed by atoms with Crippen LogP contribution in [0.3, 0.4) is 0 Å². The van der Waals surface area contributed by atoms with Crippen LogP contribution in [0.2, 0.25) is 0 Å². The maximum absolute atomic E-state index is 3.34.